The third kappa shape index (κ3) is 3.99. The lowest BCUT2D eigenvalue weighted by atomic mass is 10.1. The maximum atomic E-state index is 11.5. The first kappa shape index (κ1) is 11.5. The Labute approximate surface area is 89.3 Å². The summed E-state index contributed by atoms with van der Waals surface area (Å²) < 4.78 is 0. The highest BCUT2D eigenvalue weighted by Crippen LogP contribution is 2.06. The topological polar surface area (TPSA) is 61.4 Å². The minimum absolute atomic E-state index is 0.102. The Balaban J connectivity index is 2.51. The van der Waals surface area contributed by atoms with Crippen LogP contribution >= 0.6 is 0 Å². The van der Waals surface area contributed by atoms with Crippen molar-refractivity contribution in [1.82, 2.24) is 5.32 Å². The van der Waals surface area contributed by atoms with Crippen LogP contribution in [0.3, 0.4) is 0 Å². The molecule has 1 rings (SSSR count). The minimum Gasteiger partial charge on any atom is -0.394 e. The smallest absolute Gasteiger partial charge is 0.319 e. The molecule has 0 unspecified atom stereocenters. The van der Waals surface area contributed by atoms with Gasteiger partial charge in [0, 0.05) is 5.69 Å². The van der Waals surface area contributed by atoms with Crippen LogP contribution in [0.25, 0.3) is 0 Å². The predicted octanol–water partition coefficient (Wildman–Crippen LogP) is 1.58. The van der Waals surface area contributed by atoms with E-state index >= 15 is 0 Å². The lowest BCUT2D eigenvalue weighted by Crippen LogP contribution is -2.48. The highest BCUT2D eigenvalue weighted by molar-refractivity contribution is 5.89. The molecular weight excluding hydrogens is 192 g/mol. The van der Waals surface area contributed by atoms with E-state index in [4.69, 9.17) is 5.11 Å². The average Bonchev–Trinajstić information content (AvgIpc) is 2.18. The van der Waals surface area contributed by atoms with Gasteiger partial charge in [0.2, 0.25) is 0 Å². The Morgan fingerprint density at radius 1 is 1.33 bits per heavy atom. The first-order valence-corrected chi connectivity index (χ1v) is 4.78. The number of carbonyl (C=O) groups is 1. The molecule has 0 aliphatic heterocycles. The van der Waals surface area contributed by atoms with Crippen LogP contribution in [0.4, 0.5) is 10.5 Å². The molecule has 0 saturated heterocycles. The van der Waals surface area contributed by atoms with Crippen molar-refractivity contribution >= 4 is 11.7 Å². The molecule has 82 valence electrons. The first-order valence-electron chi connectivity index (χ1n) is 4.78. The molecule has 0 radical (unpaired) electrons. The number of nitrogens with one attached hydrogen (secondary N) is 2. The van der Waals surface area contributed by atoms with Crippen LogP contribution in [0.5, 0.6) is 0 Å². The fourth-order valence-electron chi connectivity index (χ4n) is 1.03. The Kier molecular flexibility index (Phi) is 3.68. The number of hydrogen-bond donors (Lipinski definition) is 3. The predicted molar refractivity (Wildman–Crippen MR) is 59.8 cm³/mol. The van der Waals surface area contributed by atoms with Crippen LogP contribution in [0.2, 0.25) is 0 Å². The third-order valence-electron chi connectivity index (χ3n) is 1.88. The summed E-state index contributed by atoms with van der Waals surface area (Å²) in [5.41, 5.74) is 0.113. The van der Waals surface area contributed by atoms with E-state index in [1.165, 1.54) is 0 Å². The number of urea groups is 1. The highest BCUT2D eigenvalue weighted by atomic mass is 16.3. The van der Waals surface area contributed by atoms with E-state index < -0.39 is 5.54 Å². The lowest BCUT2D eigenvalue weighted by molar-refractivity contribution is 0.187. The van der Waals surface area contributed by atoms with Crippen LogP contribution < -0.4 is 10.6 Å². The van der Waals surface area contributed by atoms with E-state index in [-0.39, 0.29) is 12.6 Å². The van der Waals surface area contributed by atoms with Crippen LogP contribution in [-0.2, 0) is 0 Å². The number of anilines is 1. The highest BCUT2D eigenvalue weighted by Gasteiger charge is 2.18. The molecule has 4 heteroatoms. The summed E-state index contributed by atoms with van der Waals surface area (Å²) in [4.78, 5) is 11.5. The Hall–Kier alpha value is -1.55. The van der Waals surface area contributed by atoms with Gasteiger partial charge in [0.05, 0.1) is 12.1 Å². The number of benzene rings is 1. The van der Waals surface area contributed by atoms with E-state index in [2.05, 4.69) is 10.6 Å². The van der Waals surface area contributed by atoms with Gasteiger partial charge in [0.15, 0.2) is 0 Å². The number of hydrogen-bond acceptors (Lipinski definition) is 2. The molecule has 4 nitrogen and oxygen atoms in total. The van der Waals surface area contributed by atoms with Gasteiger partial charge >= 0.3 is 6.03 Å². The number of amides is 2. The van der Waals surface area contributed by atoms with Crippen molar-refractivity contribution in [3.05, 3.63) is 30.3 Å². The van der Waals surface area contributed by atoms with Gasteiger partial charge in [-0.15, -0.1) is 0 Å². The normalized spacial score (nSPS) is 10.9. The third-order valence-corrected chi connectivity index (χ3v) is 1.88. The number of carbonyl (C=O) groups excluding carboxylic acids is 1. The molecule has 0 atom stereocenters. The van der Waals surface area contributed by atoms with Crippen molar-refractivity contribution in [3.8, 4) is 0 Å². The van der Waals surface area contributed by atoms with Gasteiger partial charge in [-0.3, -0.25) is 0 Å². The van der Waals surface area contributed by atoms with Crippen LogP contribution in [0.15, 0.2) is 30.3 Å². The van der Waals surface area contributed by atoms with Crippen LogP contribution in [0.1, 0.15) is 13.8 Å². The van der Waals surface area contributed by atoms with Crippen LogP contribution in [-0.4, -0.2) is 23.3 Å². The molecule has 0 heterocycles. The SMILES string of the molecule is CC(C)(CO)NC(=O)Nc1ccccc1. The molecule has 0 aromatic heterocycles. The van der Waals surface area contributed by atoms with E-state index in [0.717, 1.165) is 5.69 Å². The molecule has 0 bridgehead atoms. The molecule has 1 aromatic carbocycles. The Bertz CT molecular complexity index is 323. The van der Waals surface area contributed by atoms with Crippen LogP contribution in [0, 0.1) is 0 Å². The Morgan fingerprint density at radius 2 is 1.93 bits per heavy atom. The van der Waals surface area contributed by atoms with Crippen molar-refractivity contribution in [1.29, 1.82) is 0 Å². The van der Waals surface area contributed by atoms with Gasteiger partial charge < -0.3 is 15.7 Å². The number of aliphatic hydroxyl groups is 1. The second kappa shape index (κ2) is 4.79. The summed E-state index contributed by atoms with van der Waals surface area (Å²) in [7, 11) is 0. The monoisotopic (exact) mass is 208 g/mol. The number of aliphatic hydroxyl groups excluding tert-OH is 1. The molecule has 0 spiro atoms. The first-order chi connectivity index (χ1) is 7.03. The lowest BCUT2D eigenvalue weighted by Gasteiger charge is -2.23. The van der Waals surface area contributed by atoms with E-state index in [1.54, 1.807) is 26.0 Å². The summed E-state index contributed by atoms with van der Waals surface area (Å²) in [6.45, 7) is 3.39. The van der Waals surface area contributed by atoms with Gasteiger partial charge in [0.1, 0.15) is 0 Å². The summed E-state index contributed by atoms with van der Waals surface area (Å²) in [5.74, 6) is 0. The van der Waals surface area contributed by atoms with Crippen molar-refractivity contribution in [2.45, 2.75) is 19.4 Å². The zero-order chi connectivity index (χ0) is 11.3. The zero-order valence-corrected chi connectivity index (χ0v) is 8.95. The van der Waals surface area contributed by atoms with E-state index in [1.807, 2.05) is 18.2 Å². The molecule has 0 aliphatic carbocycles. The van der Waals surface area contributed by atoms with Gasteiger partial charge in [-0.25, -0.2) is 4.79 Å². The van der Waals surface area contributed by atoms with Crippen molar-refractivity contribution in [3.63, 3.8) is 0 Å². The van der Waals surface area contributed by atoms with Gasteiger partial charge in [-0.2, -0.15) is 0 Å². The maximum Gasteiger partial charge on any atom is 0.319 e. The molecule has 1 aromatic rings. The fourth-order valence-corrected chi connectivity index (χ4v) is 1.03. The zero-order valence-electron chi connectivity index (χ0n) is 8.95. The van der Waals surface area contributed by atoms with E-state index in [0.29, 0.717) is 0 Å². The molecule has 0 aliphatic rings. The van der Waals surface area contributed by atoms with Crippen molar-refractivity contribution < 1.29 is 9.90 Å². The summed E-state index contributed by atoms with van der Waals surface area (Å²) >= 11 is 0. The molecule has 0 fully saturated rings. The second-order valence-corrected chi connectivity index (χ2v) is 3.99. The fraction of sp³-hybridized carbons (Fsp3) is 0.364. The number of rotatable bonds is 3. The number of para-hydroxylation sites is 1. The summed E-state index contributed by atoms with van der Waals surface area (Å²) in [5, 5.41) is 14.3. The average molecular weight is 208 g/mol. The quantitative estimate of drug-likeness (QED) is 0.706. The largest absolute Gasteiger partial charge is 0.394 e. The molecule has 15 heavy (non-hydrogen) atoms. The Morgan fingerprint density at radius 3 is 2.47 bits per heavy atom. The molecule has 3 N–H and O–H groups in total. The summed E-state index contributed by atoms with van der Waals surface area (Å²) in [6, 6.07) is 8.83. The second-order valence-electron chi connectivity index (χ2n) is 3.99. The van der Waals surface area contributed by atoms with Crippen molar-refractivity contribution in [2.24, 2.45) is 0 Å². The molecule has 2 amide bonds. The standard InChI is InChI=1S/C11H16N2O2/c1-11(2,8-14)13-10(15)12-9-6-4-3-5-7-9/h3-7,14H,8H2,1-2H3,(H2,12,13,15). The minimum atomic E-state index is -0.612. The molecular formula is C11H16N2O2. The summed E-state index contributed by atoms with van der Waals surface area (Å²) in [6.07, 6.45) is 0. The van der Waals surface area contributed by atoms with Gasteiger partial charge in [-0.05, 0) is 26.0 Å². The van der Waals surface area contributed by atoms with Crippen molar-refractivity contribution in [2.75, 3.05) is 11.9 Å². The molecule has 0 saturated carbocycles. The maximum absolute atomic E-state index is 11.5. The van der Waals surface area contributed by atoms with Gasteiger partial charge in [0.25, 0.3) is 0 Å². The van der Waals surface area contributed by atoms with E-state index in [9.17, 15) is 4.79 Å². The van der Waals surface area contributed by atoms with Gasteiger partial charge in [-0.1, -0.05) is 18.2 Å².